The van der Waals surface area contributed by atoms with Gasteiger partial charge in [-0.3, -0.25) is 4.79 Å². The number of pyridine rings is 1. The van der Waals surface area contributed by atoms with E-state index < -0.39 is 0 Å². The minimum atomic E-state index is -0.269. The molecule has 0 bridgehead atoms. The van der Waals surface area contributed by atoms with Crippen molar-refractivity contribution in [1.29, 1.82) is 0 Å². The molecule has 0 fully saturated rings. The van der Waals surface area contributed by atoms with Crippen LogP contribution in [0.4, 0.5) is 0 Å². The van der Waals surface area contributed by atoms with E-state index in [1.165, 1.54) is 0 Å². The molecule has 1 aromatic carbocycles. The van der Waals surface area contributed by atoms with Gasteiger partial charge in [-0.2, -0.15) is 0 Å². The number of hydrogen-bond donors (Lipinski definition) is 1. The van der Waals surface area contributed by atoms with Gasteiger partial charge < -0.3 is 9.14 Å². The van der Waals surface area contributed by atoms with Gasteiger partial charge in [-0.15, -0.1) is 5.10 Å². The monoisotopic (exact) mass is 306 g/mol. The van der Waals surface area contributed by atoms with Crippen LogP contribution in [-0.4, -0.2) is 19.6 Å². The lowest BCUT2D eigenvalue weighted by atomic mass is 10.2. The predicted octanol–water partition coefficient (Wildman–Crippen LogP) is 2.71. The van der Waals surface area contributed by atoms with Crippen LogP contribution in [0, 0.1) is 0 Å². The summed E-state index contributed by atoms with van der Waals surface area (Å²) < 4.78 is 7.96. The van der Waals surface area contributed by atoms with E-state index in [1.54, 1.807) is 12.3 Å². The number of aromatic amines is 1. The third kappa shape index (κ3) is 2.24. The summed E-state index contributed by atoms with van der Waals surface area (Å²) in [4.78, 5) is 16.2. The second-order valence-electron chi connectivity index (χ2n) is 5.28. The number of ether oxygens (including phenoxy) is 1. The second kappa shape index (κ2) is 5.24. The van der Waals surface area contributed by atoms with Gasteiger partial charge in [-0.1, -0.05) is 18.2 Å². The first-order chi connectivity index (χ1) is 11.2. The lowest BCUT2D eigenvalue weighted by Gasteiger charge is -2.14. The predicted molar refractivity (Wildman–Crippen MR) is 86.6 cm³/mol. The van der Waals surface area contributed by atoms with Crippen molar-refractivity contribution in [3.8, 4) is 5.88 Å². The van der Waals surface area contributed by atoms with Crippen LogP contribution in [0.5, 0.6) is 5.88 Å². The molecule has 114 valence electrons. The highest BCUT2D eigenvalue weighted by Gasteiger charge is 2.15. The molecule has 1 atom stereocenters. The average molecular weight is 306 g/mol. The van der Waals surface area contributed by atoms with Crippen LogP contribution in [0.2, 0.25) is 0 Å². The molecule has 3 heterocycles. The molecule has 6 nitrogen and oxygen atoms in total. The van der Waals surface area contributed by atoms with Gasteiger partial charge in [0.15, 0.2) is 0 Å². The molecule has 0 saturated heterocycles. The lowest BCUT2D eigenvalue weighted by molar-refractivity contribution is 0.212. The molecule has 3 aromatic heterocycles. The van der Waals surface area contributed by atoms with E-state index in [0.717, 1.165) is 11.3 Å². The number of nitrogens with zero attached hydrogens (tertiary/aromatic N) is 3. The summed E-state index contributed by atoms with van der Waals surface area (Å²) >= 11 is 0. The van der Waals surface area contributed by atoms with Gasteiger partial charge in [0, 0.05) is 6.20 Å². The Morgan fingerprint density at radius 3 is 2.78 bits per heavy atom. The maximum absolute atomic E-state index is 11.8. The zero-order valence-electron chi connectivity index (χ0n) is 12.4. The van der Waals surface area contributed by atoms with Crippen molar-refractivity contribution in [3.63, 3.8) is 0 Å². The fourth-order valence-electron chi connectivity index (χ4n) is 2.66. The van der Waals surface area contributed by atoms with Crippen LogP contribution in [0.25, 0.3) is 16.4 Å². The highest BCUT2D eigenvalue weighted by molar-refractivity contribution is 5.85. The van der Waals surface area contributed by atoms with Gasteiger partial charge in [-0.25, -0.2) is 10.1 Å². The number of hydrogen-bond acceptors (Lipinski definition) is 4. The van der Waals surface area contributed by atoms with Crippen molar-refractivity contribution in [2.24, 2.45) is 0 Å². The third-order valence-corrected chi connectivity index (χ3v) is 3.81. The topological polar surface area (TPSA) is 72.3 Å². The number of H-pyrrole nitrogens is 1. The zero-order chi connectivity index (χ0) is 15.8. The SMILES string of the molecule is C[C@H](Oc1n[nH]c(=O)c2ccccc12)c1cnc2ccccn12. The minimum Gasteiger partial charge on any atom is -0.467 e. The Hall–Kier alpha value is -3.15. The summed E-state index contributed by atoms with van der Waals surface area (Å²) in [5.74, 6) is 0.401. The van der Waals surface area contributed by atoms with Crippen LogP contribution in [-0.2, 0) is 0 Å². The van der Waals surface area contributed by atoms with Crippen LogP contribution >= 0.6 is 0 Å². The van der Waals surface area contributed by atoms with Gasteiger partial charge in [0.2, 0.25) is 5.88 Å². The number of imidazole rings is 1. The molecular formula is C17H14N4O2. The lowest BCUT2D eigenvalue weighted by Crippen LogP contribution is -2.13. The largest absolute Gasteiger partial charge is 0.467 e. The highest BCUT2D eigenvalue weighted by atomic mass is 16.5. The minimum absolute atomic E-state index is 0.226. The van der Waals surface area contributed by atoms with Crippen molar-refractivity contribution in [3.05, 3.63) is 70.9 Å². The van der Waals surface area contributed by atoms with Crippen LogP contribution < -0.4 is 10.3 Å². The van der Waals surface area contributed by atoms with E-state index in [-0.39, 0.29) is 11.7 Å². The van der Waals surface area contributed by atoms with Crippen molar-refractivity contribution >= 4 is 16.4 Å². The Morgan fingerprint density at radius 2 is 1.91 bits per heavy atom. The summed E-state index contributed by atoms with van der Waals surface area (Å²) in [6, 6.07) is 13.1. The normalized spacial score (nSPS) is 12.6. The van der Waals surface area contributed by atoms with Gasteiger partial charge in [0.25, 0.3) is 5.56 Å². The average Bonchev–Trinajstić information content (AvgIpc) is 3.02. The molecule has 0 amide bonds. The molecule has 0 aliphatic rings. The Kier molecular flexibility index (Phi) is 3.08. The molecular weight excluding hydrogens is 292 g/mol. The standard InChI is InChI=1S/C17H14N4O2/c1-11(14-10-18-15-8-4-5-9-21(14)15)23-17-13-7-3-2-6-12(13)16(22)19-20-17/h2-11H,1H3,(H,19,22)/t11-/m0/s1. The molecule has 0 aliphatic heterocycles. The van der Waals surface area contributed by atoms with E-state index in [1.807, 2.05) is 53.9 Å². The highest BCUT2D eigenvalue weighted by Crippen LogP contribution is 2.25. The molecule has 0 radical (unpaired) electrons. The van der Waals surface area contributed by atoms with E-state index in [0.29, 0.717) is 16.7 Å². The molecule has 0 unspecified atom stereocenters. The molecule has 1 N–H and O–H groups in total. The summed E-state index contributed by atoms with van der Waals surface area (Å²) in [7, 11) is 0. The Balaban J connectivity index is 1.76. The first kappa shape index (κ1) is 13.5. The summed E-state index contributed by atoms with van der Waals surface area (Å²) in [6.45, 7) is 1.93. The van der Waals surface area contributed by atoms with Crippen molar-refractivity contribution in [1.82, 2.24) is 19.6 Å². The molecule has 23 heavy (non-hydrogen) atoms. The summed E-state index contributed by atoms with van der Waals surface area (Å²) in [5.41, 5.74) is 1.55. The number of rotatable bonds is 3. The van der Waals surface area contributed by atoms with Crippen molar-refractivity contribution in [2.45, 2.75) is 13.0 Å². The van der Waals surface area contributed by atoms with Crippen molar-refractivity contribution in [2.75, 3.05) is 0 Å². The fraction of sp³-hybridized carbons (Fsp3) is 0.118. The third-order valence-electron chi connectivity index (χ3n) is 3.81. The molecule has 0 spiro atoms. The Bertz CT molecular complexity index is 1050. The molecule has 4 aromatic rings. The van der Waals surface area contributed by atoms with Gasteiger partial charge >= 0.3 is 0 Å². The molecule has 0 saturated carbocycles. The van der Waals surface area contributed by atoms with Gasteiger partial charge in [0.1, 0.15) is 11.8 Å². The maximum Gasteiger partial charge on any atom is 0.272 e. The van der Waals surface area contributed by atoms with E-state index in [4.69, 9.17) is 4.74 Å². The Morgan fingerprint density at radius 1 is 1.13 bits per heavy atom. The van der Waals surface area contributed by atoms with Crippen molar-refractivity contribution < 1.29 is 4.74 Å². The van der Waals surface area contributed by atoms with Gasteiger partial charge in [0.05, 0.1) is 22.7 Å². The molecule has 4 rings (SSSR count). The smallest absolute Gasteiger partial charge is 0.272 e. The second-order valence-corrected chi connectivity index (χ2v) is 5.28. The quantitative estimate of drug-likeness (QED) is 0.631. The number of aromatic nitrogens is 4. The van der Waals surface area contributed by atoms with E-state index in [2.05, 4.69) is 15.2 Å². The van der Waals surface area contributed by atoms with E-state index >= 15 is 0 Å². The summed E-state index contributed by atoms with van der Waals surface area (Å²) in [5, 5.41) is 7.77. The Labute approximate surface area is 131 Å². The fourth-order valence-corrected chi connectivity index (χ4v) is 2.66. The summed E-state index contributed by atoms with van der Waals surface area (Å²) in [6.07, 6.45) is 3.46. The van der Waals surface area contributed by atoms with Crippen LogP contribution in [0.15, 0.2) is 59.7 Å². The van der Waals surface area contributed by atoms with Crippen LogP contribution in [0.1, 0.15) is 18.7 Å². The van der Waals surface area contributed by atoms with E-state index in [9.17, 15) is 4.79 Å². The number of nitrogens with one attached hydrogen (secondary N) is 1. The van der Waals surface area contributed by atoms with Crippen LogP contribution in [0.3, 0.4) is 0 Å². The first-order valence-electron chi connectivity index (χ1n) is 7.30. The zero-order valence-corrected chi connectivity index (χ0v) is 12.4. The molecule has 0 aliphatic carbocycles. The number of fused-ring (bicyclic) bond motifs is 2. The number of benzene rings is 1. The maximum atomic E-state index is 11.8. The first-order valence-corrected chi connectivity index (χ1v) is 7.30. The van der Waals surface area contributed by atoms with Gasteiger partial charge in [-0.05, 0) is 31.2 Å². The molecule has 6 heteroatoms.